The Labute approximate surface area is 106 Å². The van der Waals surface area contributed by atoms with E-state index in [4.69, 9.17) is 9.78 Å². The molecule has 102 valence electrons. The second-order valence-corrected chi connectivity index (χ2v) is 6.46. The van der Waals surface area contributed by atoms with Gasteiger partial charge in [-0.15, -0.1) is 0 Å². The van der Waals surface area contributed by atoms with Crippen molar-refractivity contribution in [3.63, 3.8) is 0 Å². The van der Waals surface area contributed by atoms with Gasteiger partial charge in [0.2, 0.25) is 0 Å². The fourth-order valence-electron chi connectivity index (χ4n) is 1.61. The molecule has 0 aliphatic carbocycles. The largest absolute Gasteiger partial charge is 0.342 e. The zero-order valence-corrected chi connectivity index (χ0v) is 12.3. The van der Waals surface area contributed by atoms with Gasteiger partial charge in [0, 0.05) is 6.42 Å². The summed E-state index contributed by atoms with van der Waals surface area (Å²) >= 11 is 0. The number of rotatable bonds is 7. The Kier molecular flexibility index (Phi) is 6.76. The van der Waals surface area contributed by atoms with Crippen LogP contribution in [0.5, 0.6) is 0 Å². The molecular formula is C14H28O3. The lowest BCUT2D eigenvalue weighted by atomic mass is 9.90. The SMILES string of the molecule is CCCC(C)(C)OOC(=O)CCCC(C)(C)C. The number of carbonyl (C=O) groups excluding carboxylic acids is 1. The molecule has 0 spiro atoms. The molecule has 17 heavy (non-hydrogen) atoms. The van der Waals surface area contributed by atoms with Crippen LogP contribution in [0.1, 0.15) is 73.6 Å². The molecule has 0 saturated carbocycles. The van der Waals surface area contributed by atoms with E-state index in [0.717, 1.165) is 25.7 Å². The first kappa shape index (κ1) is 16.4. The van der Waals surface area contributed by atoms with Crippen LogP contribution in [0, 0.1) is 5.41 Å². The van der Waals surface area contributed by atoms with Crippen LogP contribution in [-0.2, 0) is 14.6 Å². The van der Waals surface area contributed by atoms with Crippen molar-refractivity contribution in [1.82, 2.24) is 0 Å². The van der Waals surface area contributed by atoms with Gasteiger partial charge in [-0.2, -0.15) is 4.89 Å². The molecule has 0 aliphatic rings. The lowest BCUT2D eigenvalue weighted by molar-refractivity contribution is -0.326. The molecule has 3 nitrogen and oxygen atoms in total. The van der Waals surface area contributed by atoms with Gasteiger partial charge in [-0.1, -0.05) is 34.1 Å². The molecule has 0 aliphatic heterocycles. The van der Waals surface area contributed by atoms with Crippen molar-refractivity contribution in [1.29, 1.82) is 0 Å². The van der Waals surface area contributed by atoms with Gasteiger partial charge in [-0.05, 0) is 38.5 Å². The van der Waals surface area contributed by atoms with Crippen molar-refractivity contribution >= 4 is 5.97 Å². The van der Waals surface area contributed by atoms with Crippen molar-refractivity contribution < 1.29 is 14.6 Å². The van der Waals surface area contributed by atoms with Crippen LogP contribution in [-0.4, -0.2) is 11.6 Å². The van der Waals surface area contributed by atoms with Crippen LogP contribution in [0.2, 0.25) is 0 Å². The summed E-state index contributed by atoms with van der Waals surface area (Å²) in [4.78, 5) is 21.4. The van der Waals surface area contributed by atoms with Crippen molar-refractivity contribution in [3.05, 3.63) is 0 Å². The molecule has 0 radical (unpaired) electrons. The van der Waals surface area contributed by atoms with Crippen LogP contribution < -0.4 is 0 Å². The molecule has 0 saturated heterocycles. The summed E-state index contributed by atoms with van der Waals surface area (Å²) in [7, 11) is 0. The van der Waals surface area contributed by atoms with Gasteiger partial charge in [0.05, 0.1) is 0 Å². The Bertz CT molecular complexity index is 226. The normalized spacial score (nSPS) is 12.6. The molecular weight excluding hydrogens is 216 g/mol. The van der Waals surface area contributed by atoms with Crippen molar-refractivity contribution in [2.75, 3.05) is 0 Å². The highest BCUT2D eigenvalue weighted by Crippen LogP contribution is 2.22. The summed E-state index contributed by atoms with van der Waals surface area (Å²) in [5.74, 6) is -0.265. The van der Waals surface area contributed by atoms with E-state index >= 15 is 0 Å². The minimum atomic E-state index is -0.381. The minimum Gasteiger partial charge on any atom is -0.298 e. The Balaban J connectivity index is 3.73. The molecule has 0 unspecified atom stereocenters. The summed E-state index contributed by atoms with van der Waals surface area (Å²) in [5.41, 5.74) is -0.114. The summed E-state index contributed by atoms with van der Waals surface area (Å²) in [6.07, 6.45) is 4.18. The first-order valence-corrected chi connectivity index (χ1v) is 6.55. The zero-order valence-electron chi connectivity index (χ0n) is 12.3. The first-order chi connectivity index (χ1) is 7.66. The van der Waals surface area contributed by atoms with E-state index in [1.165, 1.54) is 0 Å². The monoisotopic (exact) mass is 244 g/mol. The quantitative estimate of drug-likeness (QED) is 0.496. The second kappa shape index (κ2) is 7.00. The fourth-order valence-corrected chi connectivity index (χ4v) is 1.61. The molecule has 3 heteroatoms. The molecule has 0 aromatic rings. The predicted octanol–water partition coefficient (Wildman–Crippen LogP) is 4.26. The predicted molar refractivity (Wildman–Crippen MR) is 69.5 cm³/mol. The van der Waals surface area contributed by atoms with Gasteiger partial charge in [0.1, 0.15) is 5.60 Å². The lowest BCUT2D eigenvalue weighted by Gasteiger charge is -2.22. The zero-order chi connectivity index (χ0) is 13.5. The highest BCUT2D eigenvalue weighted by atomic mass is 17.2. The highest BCUT2D eigenvalue weighted by molar-refractivity contribution is 5.68. The molecule has 0 fully saturated rings. The van der Waals surface area contributed by atoms with E-state index in [0.29, 0.717) is 6.42 Å². The number of hydrogen-bond donors (Lipinski definition) is 0. The molecule has 0 bridgehead atoms. The van der Waals surface area contributed by atoms with Crippen LogP contribution in [0.3, 0.4) is 0 Å². The van der Waals surface area contributed by atoms with Crippen molar-refractivity contribution in [2.24, 2.45) is 5.41 Å². The van der Waals surface area contributed by atoms with Gasteiger partial charge in [-0.25, -0.2) is 4.79 Å². The van der Waals surface area contributed by atoms with E-state index in [1.54, 1.807) is 0 Å². The van der Waals surface area contributed by atoms with E-state index < -0.39 is 0 Å². The molecule has 0 atom stereocenters. The van der Waals surface area contributed by atoms with Gasteiger partial charge in [0.25, 0.3) is 0 Å². The maximum atomic E-state index is 11.4. The third-order valence-electron chi connectivity index (χ3n) is 2.52. The van der Waals surface area contributed by atoms with Crippen molar-refractivity contribution in [3.8, 4) is 0 Å². The molecule has 0 amide bonds. The van der Waals surface area contributed by atoms with Crippen LogP contribution >= 0.6 is 0 Å². The topological polar surface area (TPSA) is 35.5 Å². The highest BCUT2D eigenvalue weighted by Gasteiger charge is 2.21. The molecule has 0 heterocycles. The van der Waals surface area contributed by atoms with E-state index in [1.807, 2.05) is 13.8 Å². The summed E-state index contributed by atoms with van der Waals surface area (Å²) in [6.45, 7) is 12.4. The first-order valence-electron chi connectivity index (χ1n) is 6.55. The van der Waals surface area contributed by atoms with Gasteiger partial charge < -0.3 is 0 Å². The van der Waals surface area contributed by atoms with E-state index in [9.17, 15) is 4.79 Å². The average Bonchev–Trinajstić information content (AvgIpc) is 2.13. The lowest BCUT2D eigenvalue weighted by Crippen LogP contribution is -2.26. The summed E-state index contributed by atoms with van der Waals surface area (Å²) in [6, 6.07) is 0. The maximum Gasteiger partial charge on any atom is 0.342 e. The Hall–Kier alpha value is -0.570. The fraction of sp³-hybridized carbons (Fsp3) is 0.929. The molecule has 0 aromatic heterocycles. The number of carbonyl (C=O) groups is 1. The Morgan fingerprint density at radius 2 is 1.65 bits per heavy atom. The van der Waals surface area contributed by atoms with E-state index in [-0.39, 0.29) is 17.0 Å². The third kappa shape index (κ3) is 10.3. The minimum absolute atomic E-state index is 0.265. The third-order valence-corrected chi connectivity index (χ3v) is 2.52. The standard InChI is InChI=1S/C14H28O3/c1-7-10-14(5,6)17-16-12(15)9-8-11-13(2,3)4/h7-11H2,1-6H3. The number of hydrogen-bond acceptors (Lipinski definition) is 3. The van der Waals surface area contributed by atoms with Crippen LogP contribution in [0.25, 0.3) is 0 Å². The Morgan fingerprint density at radius 1 is 1.06 bits per heavy atom. The molecule has 0 N–H and O–H groups in total. The van der Waals surface area contributed by atoms with Gasteiger partial charge >= 0.3 is 5.97 Å². The Morgan fingerprint density at radius 3 is 2.12 bits per heavy atom. The van der Waals surface area contributed by atoms with Crippen LogP contribution in [0.4, 0.5) is 0 Å². The molecule has 0 rings (SSSR count). The van der Waals surface area contributed by atoms with Crippen LogP contribution in [0.15, 0.2) is 0 Å². The summed E-state index contributed by atoms with van der Waals surface area (Å²) < 4.78 is 0. The van der Waals surface area contributed by atoms with Crippen molar-refractivity contribution in [2.45, 2.75) is 79.2 Å². The molecule has 0 aromatic carbocycles. The van der Waals surface area contributed by atoms with Gasteiger partial charge in [-0.3, -0.25) is 4.89 Å². The van der Waals surface area contributed by atoms with E-state index in [2.05, 4.69) is 27.7 Å². The second-order valence-electron chi connectivity index (χ2n) is 6.46. The smallest absolute Gasteiger partial charge is 0.298 e. The van der Waals surface area contributed by atoms with Gasteiger partial charge in [0.15, 0.2) is 0 Å². The maximum absolute atomic E-state index is 11.4. The average molecular weight is 244 g/mol. The summed E-state index contributed by atoms with van der Waals surface area (Å²) in [5, 5.41) is 0.